The van der Waals surface area contributed by atoms with Gasteiger partial charge < -0.3 is 19.1 Å². The van der Waals surface area contributed by atoms with E-state index in [0.29, 0.717) is 29.9 Å². The van der Waals surface area contributed by atoms with Crippen LogP contribution in [-0.2, 0) is 16.1 Å². The first-order chi connectivity index (χ1) is 15.7. The van der Waals surface area contributed by atoms with Gasteiger partial charge in [0.2, 0.25) is 0 Å². The molecule has 0 spiro atoms. The summed E-state index contributed by atoms with van der Waals surface area (Å²) < 4.78 is 29.6. The molecule has 0 bridgehead atoms. The fraction of sp³-hybridized carbons (Fsp3) is 0.417. The Morgan fingerprint density at radius 3 is 2.39 bits per heavy atom. The fourth-order valence-electron chi connectivity index (χ4n) is 3.89. The molecule has 1 heterocycles. The molecule has 1 amide bonds. The lowest BCUT2D eigenvalue weighted by molar-refractivity contribution is -0.139. The van der Waals surface area contributed by atoms with Crippen LogP contribution in [0.5, 0.6) is 11.5 Å². The van der Waals surface area contributed by atoms with E-state index in [1.165, 1.54) is 26.4 Å². The number of hydrogen-bond acceptors (Lipinski definition) is 6. The molecule has 1 fully saturated rings. The van der Waals surface area contributed by atoms with Crippen molar-refractivity contribution in [3.8, 4) is 11.5 Å². The van der Waals surface area contributed by atoms with Crippen LogP contribution in [0.4, 0.5) is 4.39 Å². The Hall–Kier alpha value is -2.65. The van der Waals surface area contributed by atoms with Gasteiger partial charge in [-0.1, -0.05) is 12.1 Å². The summed E-state index contributed by atoms with van der Waals surface area (Å²) >= 11 is 3.34. The van der Waals surface area contributed by atoms with Gasteiger partial charge in [-0.3, -0.25) is 9.69 Å². The average molecular weight is 523 g/mol. The van der Waals surface area contributed by atoms with E-state index >= 15 is 0 Å². The van der Waals surface area contributed by atoms with Crippen LogP contribution in [0.1, 0.15) is 29.8 Å². The zero-order valence-corrected chi connectivity index (χ0v) is 20.7. The summed E-state index contributed by atoms with van der Waals surface area (Å²) in [4.78, 5) is 29.2. The normalized spacial score (nSPS) is 18.7. The number of piperazine rings is 1. The number of carbonyl (C=O) groups is 2. The van der Waals surface area contributed by atoms with Crippen molar-refractivity contribution < 1.29 is 28.2 Å². The minimum Gasteiger partial charge on any atom is -0.495 e. The maximum absolute atomic E-state index is 13.2. The van der Waals surface area contributed by atoms with Gasteiger partial charge in [-0.05, 0) is 53.5 Å². The van der Waals surface area contributed by atoms with E-state index in [-0.39, 0.29) is 41.7 Å². The van der Waals surface area contributed by atoms with Crippen LogP contribution < -0.4 is 9.47 Å². The van der Waals surface area contributed by atoms with Crippen LogP contribution in [0.25, 0.3) is 0 Å². The average Bonchev–Trinajstić information content (AvgIpc) is 2.80. The molecule has 0 aliphatic carbocycles. The second-order valence-electron chi connectivity index (χ2n) is 8.06. The third-order valence-corrected chi connectivity index (χ3v) is 6.36. The molecule has 2 aromatic rings. The number of hydrogen-bond donors (Lipinski definition) is 0. The van der Waals surface area contributed by atoms with Crippen LogP contribution in [-0.4, -0.2) is 67.7 Å². The number of amides is 1. The van der Waals surface area contributed by atoms with E-state index < -0.39 is 5.97 Å². The SMILES string of the molecule is COC(=O)c1cc(Br)c(OC)cc1OCC(=O)N1C[C@H](C)N(Cc2ccc(F)cc2)C[C@H]1C. The third kappa shape index (κ3) is 6.03. The molecule has 7 nitrogen and oxygen atoms in total. The van der Waals surface area contributed by atoms with Crippen molar-refractivity contribution in [1.29, 1.82) is 0 Å². The molecule has 2 aromatic carbocycles. The summed E-state index contributed by atoms with van der Waals surface area (Å²) in [5, 5.41) is 0. The molecule has 1 aliphatic heterocycles. The molecule has 3 rings (SSSR count). The van der Waals surface area contributed by atoms with Crippen molar-refractivity contribution in [2.75, 3.05) is 33.9 Å². The van der Waals surface area contributed by atoms with Crippen molar-refractivity contribution in [2.24, 2.45) is 0 Å². The lowest BCUT2D eigenvalue weighted by Gasteiger charge is -2.44. The number of rotatable bonds is 7. The predicted molar refractivity (Wildman–Crippen MR) is 125 cm³/mol. The topological polar surface area (TPSA) is 68.3 Å². The van der Waals surface area contributed by atoms with E-state index in [1.54, 1.807) is 29.2 Å². The number of ether oxygens (including phenoxy) is 3. The number of methoxy groups -OCH3 is 2. The molecule has 0 saturated carbocycles. The fourth-order valence-corrected chi connectivity index (χ4v) is 4.40. The van der Waals surface area contributed by atoms with Gasteiger partial charge in [0, 0.05) is 37.8 Å². The first-order valence-electron chi connectivity index (χ1n) is 10.6. The molecule has 2 atom stereocenters. The molecular formula is C24H28BrFN2O5. The second kappa shape index (κ2) is 11.0. The minimum atomic E-state index is -0.572. The van der Waals surface area contributed by atoms with Crippen LogP contribution in [0.15, 0.2) is 40.9 Å². The van der Waals surface area contributed by atoms with Gasteiger partial charge in [0.15, 0.2) is 6.61 Å². The Balaban J connectivity index is 1.65. The lowest BCUT2D eigenvalue weighted by Crippen LogP contribution is -2.58. The van der Waals surface area contributed by atoms with Gasteiger partial charge in [0.05, 0.1) is 18.7 Å². The summed E-state index contributed by atoms with van der Waals surface area (Å²) in [6.07, 6.45) is 0. The summed E-state index contributed by atoms with van der Waals surface area (Å²) in [5.74, 6) is -0.313. The van der Waals surface area contributed by atoms with Gasteiger partial charge >= 0.3 is 5.97 Å². The lowest BCUT2D eigenvalue weighted by atomic mass is 10.1. The smallest absolute Gasteiger partial charge is 0.341 e. The largest absolute Gasteiger partial charge is 0.495 e. The molecular weight excluding hydrogens is 495 g/mol. The highest BCUT2D eigenvalue weighted by Crippen LogP contribution is 2.33. The number of benzene rings is 2. The standard InChI is InChI=1S/C24H28BrFN2O5/c1-15-12-28(16(2)11-27(15)13-17-5-7-18(26)8-6-17)23(29)14-33-21-10-22(31-3)20(25)9-19(21)24(30)32-4/h5-10,15-16H,11-14H2,1-4H3/t15-,16+/m0/s1. The summed E-state index contributed by atoms with van der Waals surface area (Å²) in [6.45, 7) is 5.74. The van der Waals surface area contributed by atoms with Crippen molar-refractivity contribution in [2.45, 2.75) is 32.5 Å². The molecule has 33 heavy (non-hydrogen) atoms. The van der Waals surface area contributed by atoms with Crippen LogP contribution >= 0.6 is 15.9 Å². The quantitative estimate of drug-likeness (QED) is 0.514. The zero-order valence-electron chi connectivity index (χ0n) is 19.1. The molecule has 1 aliphatic rings. The molecule has 0 N–H and O–H groups in total. The molecule has 9 heteroatoms. The molecule has 178 valence electrons. The summed E-state index contributed by atoms with van der Waals surface area (Å²) in [6, 6.07) is 9.67. The molecule has 1 saturated heterocycles. The van der Waals surface area contributed by atoms with Crippen LogP contribution in [0.2, 0.25) is 0 Å². The number of carbonyl (C=O) groups excluding carboxylic acids is 2. The van der Waals surface area contributed by atoms with E-state index in [2.05, 4.69) is 27.8 Å². The molecule has 0 aromatic heterocycles. The summed E-state index contributed by atoms with van der Waals surface area (Å²) in [7, 11) is 2.78. The highest BCUT2D eigenvalue weighted by Gasteiger charge is 2.32. The first-order valence-corrected chi connectivity index (χ1v) is 11.4. The van der Waals surface area contributed by atoms with Crippen molar-refractivity contribution >= 4 is 27.8 Å². The first kappa shape index (κ1) is 25.0. The highest BCUT2D eigenvalue weighted by atomic mass is 79.9. The minimum absolute atomic E-state index is 0.0303. The van der Waals surface area contributed by atoms with E-state index in [1.807, 2.05) is 6.92 Å². The van der Waals surface area contributed by atoms with Crippen molar-refractivity contribution in [1.82, 2.24) is 9.80 Å². The molecule has 0 radical (unpaired) electrons. The Morgan fingerprint density at radius 2 is 1.76 bits per heavy atom. The highest BCUT2D eigenvalue weighted by molar-refractivity contribution is 9.10. The maximum Gasteiger partial charge on any atom is 0.341 e. The van der Waals surface area contributed by atoms with Gasteiger partial charge in [0.1, 0.15) is 22.9 Å². The van der Waals surface area contributed by atoms with Gasteiger partial charge in [-0.2, -0.15) is 0 Å². The monoisotopic (exact) mass is 522 g/mol. The van der Waals surface area contributed by atoms with Crippen molar-refractivity contribution in [3.63, 3.8) is 0 Å². The number of halogens is 2. The van der Waals surface area contributed by atoms with Gasteiger partial charge in [0.25, 0.3) is 5.91 Å². The van der Waals surface area contributed by atoms with Gasteiger partial charge in [-0.15, -0.1) is 0 Å². The Kier molecular flexibility index (Phi) is 8.31. The third-order valence-electron chi connectivity index (χ3n) is 5.74. The maximum atomic E-state index is 13.2. The predicted octanol–water partition coefficient (Wildman–Crippen LogP) is 3.88. The van der Waals surface area contributed by atoms with Crippen LogP contribution in [0.3, 0.4) is 0 Å². The van der Waals surface area contributed by atoms with E-state index in [9.17, 15) is 14.0 Å². The number of nitrogens with zero attached hydrogens (tertiary/aromatic N) is 2. The summed E-state index contributed by atoms with van der Waals surface area (Å²) in [5.41, 5.74) is 1.22. The Labute approximate surface area is 201 Å². The van der Waals surface area contributed by atoms with Gasteiger partial charge in [-0.25, -0.2) is 9.18 Å². The Morgan fingerprint density at radius 1 is 1.06 bits per heavy atom. The number of esters is 1. The van der Waals surface area contributed by atoms with E-state index in [4.69, 9.17) is 14.2 Å². The van der Waals surface area contributed by atoms with Crippen LogP contribution in [0, 0.1) is 5.82 Å². The molecule has 0 unspecified atom stereocenters. The van der Waals surface area contributed by atoms with Crippen molar-refractivity contribution in [3.05, 3.63) is 57.8 Å². The van der Waals surface area contributed by atoms with E-state index in [0.717, 1.165) is 5.56 Å². The Bertz CT molecular complexity index is 1000. The zero-order chi connectivity index (χ0) is 24.1. The second-order valence-corrected chi connectivity index (χ2v) is 8.92.